The first kappa shape index (κ1) is 19.8. The second-order valence-electron chi connectivity index (χ2n) is 5.29. The third-order valence-corrected chi connectivity index (χ3v) is 3.15. The summed E-state index contributed by atoms with van der Waals surface area (Å²) < 4.78 is 23.9. The second kappa shape index (κ2) is 10.6. The lowest BCUT2D eigenvalue weighted by Crippen LogP contribution is -2.57. The van der Waals surface area contributed by atoms with Crippen molar-refractivity contribution in [1.82, 2.24) is 0 Å². The van der Waals surface area contributed by atoms with Crippen molar-refractivity contribution in [2.45, 2.75) is 78.8 Å². The van der Waals surface area contributed by atoms with E-state index in [4.69, 9.17) is 18.9 Å². The normalized spacial score (nSPS) is 12.9. The highest BCUT2D eigenvalue weighted by Crippen LogP contribution is 2.33. The standard InChI is InChI=1S/C16H34O4/c1-7-11-17-15(5,18-12-8-2)16(6,19-13-9-3)20-14-10-4/h7-14H2,1-6H3. The van der Waals surface area contributed by atoms with Gasteiger partial charge in [-0.1, -0.05) is 27.7 Å². The summed E-state index contributed by atoms with van der Waals surface area (Å²) in [6.07, 6.45) is 3.73. The molecule has 0 saturated carbocycles. The summed E-state index contributed by atoms with van der Waals surface area (Å²) in [4.78, 5) is 0. The van der Waals surface area contributed by atoms with Gasteiger partial charge in [0.25, 0.3) is 0 Å². The van der Waals surface area contributed by atoms with Gasteiger partial charge in [0.1, 0.15) is 0 Å². The van der Waals surface area contributed by atoms with Gasteiger partial charge in [-0.3, -0.25) is 0 Å². The van der Waals surface area contributed by atoms with Crippen molar-refractivity contribution in [1.29, 1.82) is 0 Å². The van der Waals surface area contributed by atoms with Crippen molar-refractivity contribution in [3.05, 3.63) is 0 Å². The fourth-order valence-corrected chi connectivity index (χ4v) is 1.79. The maximum atomic E-state index is 5.97. The molecule has 0 rings (SSSR count). The molecule has 0 aliphatic heterocycles. The molecule has 4 nitrogen and oxygen atoms in total. The van der Waals surface area contributed by atoms with E-state index in [0.29, 0.717) is 26.4 Å². The van der Waals surface area contributed by atoms with E-state index in [1.165, 1.54) is 0 Å². The van der Waals surface area contributed by atoms with E-state index in [9.17, 15) is 0 Å². The molecule has 0 aliphatic rings. The average molecular weight is 290 g/mol. The van der Waals surface area contributed by atoms with Crippen LogP contribution in [0.4, 0.5) is 0 Å². The second-order valence-corrected chi connectivity index (χ2v) is 5.29. The predicted octanol–water partition coefficient (Wildman–Crippen LogP) is 4.13. The van der Waals surface area contributed by atoms with Crippen LogP contribution in [0.5, 0.6) is 0 Å². The Morgan fingerprint density at radius 1 is 0.500 bits per heavy atom. The molecule has 0 spiro atoms. The van der Waals surface area contributed by atoms with Gasteiger partial charge in [-0.05, 0) is 39.5 Å². The molecule has 0 N–H and O–H groups in total. The molecule has 0 aromatic rings. The summed E-state index contributed by atoms with van der Waals surface area (Å²) in [5.74, 6) is -1.77. The van der Waals surface area contributed by atoms with Crippen molar-refractivity contribution in [2.75, 3.05) is 26.4 Å². The molecule has 122 valence electrons. The van der Waals surface area contributed by atoms with Gasteiger partial charge in [-0.15, -0.1) is 0 Å². The molecule has 20 heavy (non-hydrogen) atoms. The predicted molar refractivity (Wildman–Crippen MR) is 81.8 cm³/mol. The molecule has 0 bridgehead atoms. The van der Waals surface area contributed by atoms with Gasteiger partial charge in [0.05, 0.1) is 0 Å². The van der Waals surface area contributed by atoms with Gasteiger partial charge in [0.15, 0.2) is 0 Å². The minimum atomic E-state index is -0.886. The van der Waals surface area contributed by atoms with Gasteiger partial charge in [0.2, 0.25) is 11.6 Å². The van der Waals surface area contributed by atoms with Crippen LogP contribution in [-0.4, -0.2) is 38.0 Å². The zero-order valence-electron chi connectivity index (χ0n) is 14.3. The van der Waals surface area contributed by atoms with Crippen LogP contribution in [0.2, 0.25) is 0 Å². The van der Waals surface area contributed by atoms with Crippen LogP contribution in [0.15, 0.2) is 0 Å². The molecular weight excluding hydrogens is 256 g/mol. The monoisotopic (exact) mass is 290 g/mol. The highest BCUT2D eigenvalue weighted by Gasteiger charge is 2.49. The van der Waals surface area contributed by atoms with E-state index in [1.54, 1.807) is 0 Å². The SMILES string of the molecule is CCCOC(C)(OCCC)C(C)(OCCC)OCCC. The smallest absolute Gasteiger partial charge is 0.220 e. The van der Waals surface area contributed by atoms with Gasteiger partial charge < -0.3 is 18.9 Å². The Bertz CT molecular complexity index is 191. The van der Waals surface area contributed by atoms with Gasteiger partial charge >= 0.3 is 0 Å². The minimum Gasteiger partial charge on any atom is -0.346 e. The Kier molecular flexibility index (Phi) is 10.5. The molecule has 0 unspecified atom stereocenters. The van der Waals surface area contributed by atoms with Crippen molar-refractivity contribution in [3.63, 3.8) is 0 Å². The van der Waals surface area contributed by atoms with Crippen LogP contribution < -0.4 is 0 Å². The van der Waals surface area contributed by atoms with Gasteiger partial charge in [-0.2, -0.15) is 0 Å². The number of ether oxygens (including phenoxy) is 4. The summed E-state index contributed by atoms with van der Waals surface area (Å²) >= 11 is 0. The van der Waals surface area contributed by atoms with E-state index in [1.807, 2.05) is 13.8 Å². The first-order chi connectivity index (χ1) is 9.49. The maximum absolute atomic E-state index is 5.97. The van der Waals surface area contributed by atoms with Crippen molar-refractivity contribution >= 4 is 0 Å². The summed E-state index contributed by atoms with van der Waals surface area (Å²) in [6, 6.07) is 0. The van der Waals surface area contributed by atoms with Crippen molar-refractivity contribution in [3.8, 4) is 0 Å². The lowest BCUT2D eigenvalue weighted by molar-refractivity contribution is -0.397. The van der Waals surface area contributed by atoms with Gasteiger partial charge in [-0.25, -0.2) is 0 Å². The summed E-state index contributed by atoms with van der Waals surface area (Å²) in [7, 11) is 0. The molecule has 0 aliphatic carbocycles. The fraction of sp³-hybridized carbons (Fsp3) is 1.00. The van der Waals surface area contributed by atoms with Crippen LogP contribution in [0.25, 0.3) is 0 Å². The van der Waals surface area contributed by atoms with E-state index in [-0.39, 0.29) is 0 Å². The largest absolute Gasteiger partial charge is 0.346 e. The summed E-state index contributed by atoms with van der Waals surface area (Å²) in [6.45, 7) is 14.7. The Morgan fingerprint density at radius 2 is 0.700 bits per heavy atom. The highest BCUT2D eigenvalue weighted by molar-refractivity contribution is 4.82. The van der Waals surface area contributed by atoms with E-state index in [0.717, 1.165) is 25.7 Å². The van der Waals surface area contributed by atoms with E-state index >= 15 is 0 Å². The highest BCUT2D eigenvalue weighted by atomic mass is 16.8. The molecule has 0 aromatic heterocycles. The molecule has 0 radical (unpaired) electrons. The number of hydrogen-bond acceptors (Lipinski definition) is 4. The number of hydrogen-bond donors (Lipinski definition) is 0. The molecular formula is C16H34O4. The zero-order valence-corrected chi connectivity index (χ0v) is 14.3. The van der Waals surface area contributed by atoms with Crippen molar-refractivity contribution in [2.24, 2.45) is 0 Å². The average Bonchev–Trinajstić information content (AvgIpc) is 2.46. The van der Waals surface area contributed by atoms with E-state index < -0.39 is 11.6 Å². The fourth-order valence-electron chi connectivity index (χ4n) is 1.79. The Labute approximate surface area is 125 Å². The van der Waals surface area contributed by atoms with Crippen LogP contribution in [0, 0.1) is 0 Å². The molecule has 0 atom stereocenters. The summed E-state index contributed by atoms with van der Waals surface area (Å²) in [5.41, 5.74) is 0. The van der Waals surface area contributed by atoms with Crippen LogP contribution in [0.3, 0.4) is 0 Å². The first-order valence-corrected chi connectivity index (χ1v) is 8.05. The third-order valence-electron chi connectivity index (χ3n) is 3.15. The lowest BCUT2D eigenvalue weighted by atomic mass is 10.1. The topological polar surface area (TPSA) is 36.9 Å². The summed E-state index contributed by atoms with van der Waals surface area (Å²) in [5, 5.41) is 0. The Hall–Kier alpha value is -0.160. The van der Waals surface area contributed by atoms with Crippen LogP contribution in [0.1, 0.15) is 67.2 Å². The quantitative estimate of drug-likeness (QED) is 0.478. The van der Waals surface area contributed by atoms with Gasteiger partial charge in [0, 0.05) is 26.4 Å². The molecule has 0 saturated heterocycles. The Morgan fingerprint density at radius 3 is 0.850 bits per heavy atom. The molecule has 0 amide bonds. The third kappa shape index (κ3) is 6.08. The number of rotatable bonds is 13. The maximum Gasteiger partial charge on any atom is 0.220 e. The molecule has 4 heteroatoms. The minimum absolute atomic E-state index is 0.626. The Balaban J connectivity index is 5.02. The van der Waals surface area contributed by atoms with Crippen molar-refractivity contribution < 1.29 is 18.9 Å². The van der Waals surface area contributed by atoms with E-state index in [2.05, 4.69) is 27.7 Å². The van der Waals surface area contributed by atoms with Crippen LogP contribution >= 0.6 is 0 Å². The lowest BCUT2D eigenvalue weighted by Gasteiger charge is -2.44. The molecule has 0 fully saturated rings. The van der Waals surface area contributed by atoms with Crippen LogP contribution in [-0.2, 0) is 18.9 Å². The first-order valence-electron chi connectivity index (χ1n) is 8.05. The zero-order chi connectivity index (χ0) is 15.5. The molecule has 0 heterocycles. The molecule has 0 aromatic carbocycles.